The predicted octanol–water partition coefficient (Wildman–Crippen LogP) is 2.78. The molecule has 0 aromatic carbocycles. The second kappa shape index (κ2) is 8.49. The van der Waals surface area contributed by atoms with E-state index in [1.54, 1.807) is 7.11 Å². The summed E-state index contributed by atoms with van der Waals surface area (Å²) in [5.41, 5.74) is 0.110. The van der Waals surface area contributed by atoms with E-state index in [9.17, 15) is 13.2 Å². The third-order valence-corrected chi connectivity index (χ3v) is 9.91. The Morgan fingerprint density at radius 2 is 1.66 bits per heavy atom. The van der Waals surface area contributed by atoms with Crippen LogP contribution in [0.4, 0.5) is 13.2 Å². The Morgan fingerprint density at radius 3 is 2.45 bits per heavy atom. The molecule has 0 radical (unpaired) electrons. The van der Waals surface area contributed by atoms with E-state index >= 15 is 0 Å². The Kier molecular flexibility index (Phi) is 6.11. The molecule has 166 valence electrons. The van der Waals surface area contributed by atoms with Crippen molar-refractivity contribution in [1.82, 2.24) is 16.0 Å². The smallest absolute Gasteiger partial charge is 0.164 e. The van der Waals surface area contributed by atoms with Crippen molar-refractivity contribution < 1.29 is 17.9 Å². The lowest BCUT2D eigenvalue weighted by molar-refractivity contribution is -0.00885. The average molecular weight is 434 g/mol. The highest BCUT2D eigenvalue weighted by atomic mass is 32.2. The van der Waals surface area contributed by atoms with Crippen LogP contribution in [0.3, 0.4) is 0 Å². The Hall–Kier alpha value is -0.0200. The lowest BCUT2D eigenvalue weighted by atomic mass is 9.66. The fourth-order valence-electron chi connectivity index (χ4n) is 7.05. The van der Waals surface area contributed by atoms with Crippen molar-refractivity contribution in [2.24, 2.45) is 23.7 Å². The highest BCUT2D eigenvalue weighted by molar-refractivity contribution is 8.00. The van der Waals surface area contributed by atoms with E-state index in [0.29, 0.717) is 29.7 Å². The van der Waals surface area contributed by atoms with Gasteiger partial charge in [-0.25, -0.2) is 13.2 Å². The third kappa shape index (κ3) is 3.75. The van der Waals surface area contributed by atoms with Crippen molar-refractivity contribution in [1.29, 1.82) is 0 Å². The van der Waals surface area contributed by atoms with E-state index in [1.165, 1.54) is 25.7 Å². The number of hydrogen-bond acceptors (Lipinski definition) is 5. The number of piperidine rings is 1. The number of methoxy groups -OCH3 is 1. The molecule has 0 spiro atoms. The molecule has 0 aromatic heterocycles. The van der Waals surface area contributed by atoms with Crippen LogP contribution in [0.1, 0.15) is 38.5 Å². The molecule has 0 amide bonds. The third-order valence-electron chi connectivity index (χ3n) is 8.44. The van der Waals surface area contributed by atoms with Crippen LogP contribution in [0.5, 0.6) is 0 Å². The van der Waals surface area contributed by atoms with Crippen molar-refractivity contribution in [3.05, 3.63) is 0 Å². The molecule has 4 nitrogen and oxygen atoms in total. The van der Waals surface area contributed by atoms with Crippen LogP contribution >= 0.6 is 11.8 Å². The first-order chi connectivity index (χ1) is 14.1. The molecule has 2 aliphatic carbocycles. The van der Waals surface area contributed by atoms with Gasteiger partial charge in [0.25, 0.3) is 0 Å². The zero-order valence-corrected chi connectivity index (χ0v) is 17.9. The number of nitrogens with one attached hydrogen (secondary N) is 3. The number of halogens is 3. The van der Waals surface area contributed by atoms with Crippen LogP contribution in [0, 0.1) is 23.7 Å². The Bertz CT molecular complexity index is 589. The van der Waals surface area contributed by atoms with Gasteiger partial charge in [-0.2, -0.15) is 0 Å². The van der Waals surface area contributed by atoms with Crippen molar-refractivity contribution in [2.75, 3.05) is 20.2 Å². The lowest BCUT2D eigenvalue weighted by Gasteiger charge is -2.48. The molecule has 12 atom stereocenters. The van der Waals surface area contributed by atoms with E-state index in [-0.39, 0.29) is 29.9 Å². The summed E-state index contributed by atoms with van der Waals surface area (Å²) >= 11 is 1.92. The van der Waals surface area contributed by atoms with Gasteiger partial charge in [0.05, 0.1) is 0 Å². The molecule has 29 heavy (non-hydrogen) atoms. The summed E-state index contributed by atoms with van der Waals surface area (Å²) in [4.78, 5) is 0. The maximum Gasteiger partial charge on any atom is 0.164 e. The summed E-state index contributed by atoms with van der Waals surface area (Å²) in [6.45, 7) is 1.68. The van der Waals surface area contributed by atoms with E-state index in [4.69, 9.17) is 4.74 Å². The first-order valence-corrected chi connectivity index (χ1v) is 12.3. The topological polar surface area (TPSA) is 45.3 Å². The summed E-state index contributed by atoms with van der Waals surface area (Å²) in [7, 11) is 1.76. The van der Waals surface area contributed by atoms with E-state index in [1.807, 2.05) is 11.8 Å². The average Bonchev–Trinajstić information content (AvgIpc) is 3.38. The van der Waals surface area contributed by atoms with Crippen molar-refractivity contribution in [3.8, 4) is 0 Å². The molecular formula is C21H34F3N3OS. The molecular weight excluding hydrogens is 399 g/mol. The molecule has 8 heteroatoms. The second-order valence-corrected chi connectivity index (χ2v) is 11.1. The van der Waals surface area contributed by atoms with Crippen LogP contribution in [0.25, 0.3) is 0 Å². The molecule has 3 heterocycles. The van der Waals surface area contributed by atoms with Crippen LogP contribution in [-0.2, 0) is 4.74 Å². The van der Waals surface area contributed by atoms with E-state index < -0.39 is 24.6 Å². The predicted molar refractivity (Wildman–Crippen MR) is 109 cm³/mol. The largest absolute Gasteiger partial charge is 0.357 e. The quantitative estimate of drug-likeness (QED) is 0.639. The first kappa shape index (κ1) is 20.9. The molecule has 0 aromatic rings. The molecule has 0 bridgehead atoms. The summed E-state index contributed by atoms with van der Waals surface area (Å²) in [5.74, 6) is 1.47. The van der Waals surface area contributed by atoms with Crippen LogP contribution < -0.4 is 16.0 Å². The van der Waals surface area contributed by atoms with E-state index in [0.717, 1.165) is 13.0 Å². The Morgan fingerprint density at radius 1 is 0.828 bits per heavy atom. The van der Waals surface area contributed by atoms with Gasteiger partial charge in [0.15, 0.2) is 11.7 Å². The number of alkyl halides is 3. The number of fused-ring (bicyclic) bond motifs is 2. The molecule has 3 aliphatic heterocycles. The summed E-state index contributed by atoms with van der Waals surface area (Å²) in [6, 6.07) is 0.260. The minimum atomic E-state index is -1.97. The minimum absolute atomic E-state index is 0.0995. The van der Waals surface area contributed by atoms with Gasteiger partial charge < -0.3 is 15.4 Å². The van der Waals surface area contributed by atoms with Gasteiger partial charge >= 0.3 is 0 Å². The van der Waals surface area contributed by atoms with Crippen LogP contribution in [0.15, 0.2) is 0 Å². The van der Waals surface area contributed by atoms with Crippen molar-refractivity contribution in [2.45, 2.75) is 86.0 Å². The standard InChI is InChI=1S/C21H34F3N3OS/c1-28-21-26-9-17(29-21)11-3-2-4-15-10(11)5-6-16(27-15)13-8-25-20-12(13)7-14(22)18(23)19(20)24/h10-21,25-27H,2-9H2,1H3. The molecule has 3 N–H and O–H groups in total. The van der Waals surface area contributed by atoms with Crippen LogP contribution in [-0.4, -0.2) is 67.6 Å². The first-order valence-electron chi connectivity index (χ1n) is 11.4. The van der Waals surface area contributed by atoms with Gasteiger partial charge in [0, 0.05) is 43.6 Å². The maximum absolute atomic E-state index is 14.4. The van der Waals surface area contributed by atoms with Gasteiger partial charge in [0.1, 0.15) is 12.3 Å². The molecule has 2 saturated carbocycles. The molecule has 5 aliphatic rings. The molecule has 5 rings (SSSR count). The normalized spacial score (nSPS) is 55.4. The van der Waals surface area contributed by atoms with Gasteiger partial charge in [-0.3, -0.25) is 5.32 Å². The van der Waals surface area contributed by atoms with Gasteiger partial charge in [-0.1, -0.05) is 6.42 Å². The number of hydrogen-bond donors (Lipinski definition) is 3. The van der Waals surface area contributed by atoms with Gasteiger partial charge in [-0.05, 0) is 55.8 Å². The van der Waals surface area contributed by atoms with Crippen molar-refractivity contribution >= 4 is 11.8 Å². The zero-order chi connectivity index (χ0) is 20.1. The molecule has 12 unspecified atom stereocenters. The molecule has 3 saturated heterocycles. The van der Waals surface area contributed by atoms with E-state index in [2.05, 4.69) is 16.0 Å². The zero-order valence-electron chi connectivity index (χ0n) is 17.0. The monoisotopic (exact) mass is 433 g/mol. The Labute approximate surface area is 175 Å². The summed E-state index contributed by atoms with van der Waals surface area (Å²) in [6.07, 6.45) is 0.740. The fraction of sp³-hybridized carbons (Fsp3) is 1.00. The Balaban J connectivity index is 1.24. The van der Waals surface area contributed by atoms with Crippen molar-refractivity contribution in [3.63, 3.8) is 0 Å². The second-order valence-electron chi connectivity index (χ2n) is 9.77. The van der Waals surface area contributed by atoms with Crippen LogP contribution in [0.2, 0.25) is 0 Å². The number of thioether (sulfide) groups is 1. The highest BCUT2D eigenvalue weighted by Crippen LogP contribution is 2.47. The maximum atomic E-state index is 14.4. The summed E-state index contributed by atoms with van der Waals surface area (Å²) < 4.78 is 47.7. The fourth-order valence-corrected chi connectivity index (χ4v) is 8.40. The number of ether oxygens (including phenoxy) is 1. The lowest BCUT2D eigenvalue weighted by Crippen LogP contribution is -2.57. The SMILES string of the molecule is COC1NCC(C2CCCC3NC(C4CNC5C(F)C(F)C(F)CC45)CCC32)S1. The molecule has 5 fully saturated rings. The minimum Gasteiger partial charge on any atom is -0.357 e. The summed E-state index contributed by atoms with van der Waals surface area (Å²) in [5, 5.41) is 11.2. The highest BCUT2D eigenvalue weighted by Gasteiger charge is 2.54. The van der Waals surface area contributed by atoms with Gasteiger partial charge in [0.2, 0.25) is 0 Å². The number of rotatable bonds is 3. The van der Waals surface area contributed by atoms with Gasteiger partial charge in [-0.15, -0.1) is 11.8 Å².